The molecule has 0 aliphatic carbocycles. The van der Waals surface area contributed by atoms with Crippen molar-refractivity contribution in [1.82, 2.24) is 4.40 Å². The highest BCUT2D eigenvalue weighted by atomic mass is 16.3. The Morgan fingerprint density at radius 3 is 1.66 bits per heavy atom. The van der Waals surface area contributed by atoms with E-state index in [4.69, 9.17) is 4.42 Å². The fraction of sp³-hybridized carbons (Fsp3) is 0.194. The number of anilines is 9. The monoisotopic (exact) mass is 884 g/mol. The van der Waals surface area contributed by atoms with Gasteiger partial charge >= 0.3 is 0 Å². The second kappa shape index (κ2) is 15.0. The molecule has 0 saturated carbocycles. The number of hydrogen-bond donors (Lipinski definition) is 0. The van der Waals surface area contributed by atoms with Gasteiger partial charge in [0, 0.05) is 62.3 Å². The Hall–Kier alpha value is -7.44. The van der Waals surface area contributed by atoms with Gasteiger partial charge in [-0.15, -0.1) is 0 Å². The molecular weight excluding hydrogens is 828 g/mol. The van der Waals surface area contributed by atoms with Gasteiger partial charge in [0.2, 0.25) is 0 Å². The first-order valence-corrected chi connectivity index (χ1v) is 24.1. The lowest BCUT2D eigenvalue weighted by atomic mass is 9.34. The molecule has 5 heterocycles. The predicted octanol–water partition coefficient (Wildman–Crippen LogP) is 15.3. The second-order valence-corrected chi connectivity index (χ2v) is 22.0. The summed E-state index contributed by atoms with van der Waals surface area (Å²) in [6.07, 6.45) is 2.37. The first-order valence-electron chi connectivity index (χ1n) is 24.1. The summed E-state index contributed by atoms with van der Waals surface area (Å²) in [5.74, 6) is 1.18. The molecule has 0 fully saturated rings. The summed E-state index contributed by atoms with van der Waals surface area (Å²) in [4.78, 5) is 7.41. The molecule has 0 amide bonds. The Labute approximate surface area is 401 Å². The van der Waals surface area contributed by atoms with E-state index >= 15 is 0 Å². The van der Waals surface area contributed by atoms with Crippen LogP contribution in [0.1, 0.15) is 79.0 Å². The third kappa shape index (κ3) is 6.59. The topological polar surface area (TPSA) is 27.3 Å². The Morgan fingerprint density at radius 1 is 0.441 bits per heavy atom. The maximum absolute atomic E-state index is 6.92. The van der Waals surface area contributed by atoms with E-state index < -0.39 is 0 Å². The van der Waals surface area contributed by atoms with Gasteiger partial charge in [0.25, 0.3) is 6.71 Å². The molecule has 0 atom stereocenters. The largest absolute Gasteiger partial charge is 0.454 e. The number of rotatable bonds is 5. The first kappa shape index (κ1) is 42.0. The number of nitrogens with zero attached hydrogens (tertiary/aromatic N) is 4. The van der Waals surface area contributed by atoms with Crippen molar-refractivity contribution in [2.75, 3.05) is 14.7 Å². The van der Waals surface area contributed by atoms with Crippen LogP contribution in [-0.2, 0) is 16.2 Å². The van der Waals surface area contributed by atoms with E-state index in [1.165, 1.54) is 50.1 Å². The fourth-order valence-corrected chi connectivity index (χ4v) is 10.8. The molecular formula is C62H57BN4O. The summed E-state index contributed by atoms with van der Waals surface area (Å²) in [5.41, 5.74) is 19.5. The lowest BCUT2D eigenvalue weighted by Crippen LogP contribution is -2.61. The van der Waals surface area contributed by atoms with Crippen LogP contribution in [0.3, 0.4) is 0 Å². The summed E-state index contributed by atoms with van der Waals surface area (Å²) >= 11 is 0. The quantitative estimate of drug-likeness (QED) is 0.161. The van der Waals surface area contributed by atoms with Gasteiger partial charge in [-0.25, -0.2) is 0 Å². The minimum absolute atomic E-state index is 0.0271. The molecule has 10 aromatic rings. The highest BCUT2D eigenvalue weighted by Gasteiger charge is 2.45. The maximum Gasteiger partial charge on any atom is 0.254 e. The lowest BCUT2D eigenvalue weighted by Gasteiger charge is -2.43. The highest BCUT2D eigenvalue weighted by molar-refractivity contribution is 7.00. The van der Waals surface area contributed by atoms with Gasteiger partial charge in [-0.05, 0) is 134 Å². The van der Waals surface area contributed by atoms with E-state index in [-0.39, 0.29) is 23.0 Å². The van der Waals surface area contributed by atoms with Crippen LogP contribution < -0.4 is 31.1 Å². The van der Waals surface area contributed by atoms with Gasteiger partial charge in [0.05, 0.1) is 5.69 Å². The van der Waals surface area contributed by atoms with Crippen LogP contribution in [0.15, 0.2) is 187 Å². The number of pyridine rings is 1. The van der Waals surface area contributed by atoms with E-state index in [1.54, 1.807) is 0 Å². The third-order valence-electron chi connectivity index (χ3n) is 14.4. The highest BCUT2D eigenvalue weighted by Crippen LogP contribution is 2.49. The maximum atomic E-state index is 6.92. The first-order chi connectivity index (χ1) is 32.6. The van der Waals surface area contributed by atoms with Gasteiger partial charge in [-0.1, -0.05) is 153 Å². The van der Waals surface area contributed by atoms with Crippen LogP contribution in [0.5, 0.6) is 0 Å². The Morgan fingerprint density at radius 2 is 1.00 bits per heavy atom. The average Bonchev–Trinajstić information content (AvgIpc) is 3.90. The molecule has 0 bridgehead atoms. The lowest BCUT2D eigenvalue weighted by molar-refractivity contribution is 0.586. The Bertz CT molecular complexity index is 3520. The van der Waals surface area contributed by atoms with Crippen molar-refractivity contribution in [2.24, 2.45) is 0 Å². The SMILES string of the molecule is CC(C)(C)c1ccc(N(c2ccc(C(C)(C)C)cc2)c2ccc3c(c2)N(c2cccc4c2oc2ccccc24)c2cccc4c2B3c2cc3ccc(C(C)(C)C)cn3c2N4c2ccccc2)cc1. The van der Waals surface area contributed by atoms with E-state index in [1.807, 2.05) is 0 Å². The van der Waals surface area contributed by atoms with Crippen LogP contribution in [-0.4, -0.2) is 11.1 Å². The minimum Gasteiger partial charge on any atom is -0.454 e. The smallest absolute Gasteiger partial charge is 0.254 e. The van der Waals surface area contributed by atoms with Crippen molar-refractivity contribution in [3.05, 3.63) is 199 Å². The Kier molecular flexibility index (Phi) is 9.28. The van der Waals surface area contributed by atoms with Crippen LogP contribution in [0.4, 0.5) is 51.3 Å². The summed E-state index contributed by atoms with van der Waals surface area (Å²) < 4.78 is 9.36. The summed E-state index contributed by atoms with van der Waals surface area (Å²) in [5, 5.41) is 2.21. The van der Waals surface area contributed by atoms with Crippen molar-refractivity contribution in [3.8, 4) is 0 Å². The molecule has 0 saturated heterocycles. The van der Waals surface area contributed by atoms with Gasteiger partial charge in [0.1, 0.15) is 11.4 Å². The molecule has 0 radical (unpaired) electrons. The summed E-state index contributed by atoms with van der Waals surface area (Å²) in [6, 6.07) is 65.4. The predicted molar refractivity (Wildman–Crippen MR) is 289 cm³/mol. The molecule has 334 valence electrons. The summed E-state index contributed by atoms with van der Waals surface area (Å²) in [7, 11) is 0. The van der Waals surface area contributed by atoms with E-state index in [0.29, 0.717) is 0 Å². The molecule has 3 aromatic heterocycles. The third-order valence-corrected chi connectivity index (χ3v) is 14.4. The van der Waals surface area contributed by atoms with Crippen molar-refractivity contribution < 1.29 is 4.42 Å². The molecule has 0 unspecified atom stereocenters. The van der Waals surface area contributed by atoms with E-state index in [0.717, 1.165) is 61.8 Å². The van der Waals surface area contributed by atoms with Gasteiger partial charge in [-0.2, -0.15) is 0 Å². The summed E-state index contributed by atoms with van der Waals surface area (Å²) in [6.45, 7) is 20.5. The normalized spacial score (nSPS) is 13.6. The zero-order chi connectivity index (χ0) is 46.9. The standard InChI is InChI=1S/C62H57BN4O/c1-60(2,3)40-25-30-44(31-26-40)65(45-32-27-41(28-33-45)61(4,5)6)47-35-36-50-55(38-47)67(54-23-15-20-49-48-19-13-14-24-56(48)68-58(49)54)53-22-16-21-52-57(53)63(50)51-37-46-34-29-42(62(7,8)9)39-64(46)59(51)66(52)43-17-11-10-12-18-43/h10-39H,1-9H3. The molecule has 6 heteroatoms. The van der Waals surface area contributed by atoms with Gasteiger partial charge in [-0.3, -0.25) is 4.90 Å². The Balaban J connectivity index is 1.15. The average molecular weight is 885 g/mol. The van der Waals surface area contributed by atoms with Crippen molar-refractivity contribution >= 4 is 102 Å². The zero-order valence-corrected chi connectivity index (χ0v) is 40.6. The molecule has 0 spiro atoms. The molecule has 2 aliphatic heterocycles. The van der Waals surface area contributed by atoms with Crippen LogP contribution >= 0.6 is 0 Å². The molecule has 5 nitrogen and oxygen atoms in total. The van der Waals surface area contributed by atoms with Crippen molar-refractivity contribution in [2.45, 2.75) is 78.6 Å². The number of benzene rings is 7. The molecule has 0 N–H and O–H groups in total. The molecule has 7 aromatic carbocycles. The zero-order valence-electron chi connectivity index (χ0n) is 40.6. The van der Waals surface area contributed by atoms with E-state index in [2.05, 4.69) is 264 Å². The second-order valence-electron chi connectivity index (χ2n) is 22.0. The van der Waals surface area contributed by atoms with Crippen molar-refractivity contribution in [1.29, 1.82) is 0 Å². The van der Waals surface area contributed by atoms with Crippen molar-refractivity contribution in [3.63, 3.8) is 0 Å². The van der Waals surface area contributed by atoms with Crippen LogP contribution in [0.25, 0.3) is 27.5 Å². The molecule has 12 rings (SSSR count). The number of furan rings is 1. The number of fused-ring (bicyclic) bond motifs is 9. The van der Waals surface area contributed by atoms with Gasteiger partial charge < -0.3 is 18.6 Å². The fourth-order valence-electron chi connectivity index (χ4n) is 10.8. The van der Waals surface area contributed by atoms with Gasteiger partial charge in [0.15, 0.2) is 5.58 Å². The molecule has 68 heavy (non-hydrogen) atoms. The minimum atomic E-state index is -0.0603. The molecule has 2 aliphatic rings. The van der Waals surface area contributed by atoms with E-state index in [9.17, 15) is 0 Å². The number of hydrogen-bond acceptors (Lipinski definition) is 4. The number of aromatic nitrogens is 1. The van der Waals surface area contributed by atoms with Crippen LogP contribution in [0, 0.1) is 0 Å². The number of para-hydroxylation sites is 3. The van der Waals surface area contributed by atoms with Crippen LogP contribution in [0.2, 0.25) is 0 Å².